The SMILES string of the molecule is CC(C)(C)c1cc(Nc2ccc(Nc3ncnc(N)c3C(=N)c3ccc(C(=O)NC4CCOCC4)cc3)cc2)no1. The first-order chi connectivity index (χ1) is 19.7. The number of nitrogen functional groups attached to an aromatic ring is 1. The van der Waals surface area contributed by atoms with Gasteiger partial charge in [0, 0.05) is 53.2 Å². The van der Waals surface area contributed by atoms with Crippen LogP contribution in [-0.4, -0.2) is 46.0 Å². The lowest BCUT2D eigenvalue weighted by atomic mass is 9.93. The van der Waals surface area contributed by atoms with E-state index in [1.165, 1.54) is 6.33 Å². The van der Waals surface area contributed by atoms with Crippen molar-refractivity contribution in [3.8, 4) is 0 Å². The third-order valence-corrected chi connectivity index (χ3v) is 6.79. The van der Waals surface area contributed by atoms with Crippen LogP contribution in [0.3, 0.4) is 0 Å². The summed E-state index contributed by atoms with van der Waals surface area (Å²) in [6.45, 7) is 7.50. The highest BCUT2D eigenvalue weighted by atomic mass is 16.5. The Bertz CT molecular complexity index is 1520. The van der Waals surface area contributed by atoms with E-state index in [0.29, 0.717) is 41.5 Å². The van der Waals surface area contributed by atoms with Gasteiger partial charge in [-0.1, -0.05) is 38.1 Å². The average Bonchev–Trinajstić information content (AvgIpc) is 3.44. The van der Waals surface area contributed by atoms with Gasteiger partial charge in [-0.3, -0.25) is 10.2 Å². The standard InChI is InChI=1S/C30H34N8O3/c1-30(2,3)23-16-24(38-41-23)35-20-8-10-21(11-9-20)36-28-25(27(32)33-17-34-28)26(31)18-4-6-19(7-5-18)29(39)37-22-12-14-40-15-13-22/h4-11,16-17,22,31H,12-15H2,1-3H3,(H,35,38)(H,37,39)(H3,32,33,34,36). The van der Waals surface area contributed by atoms with Crippen LogP contribution in [0.5, 0.6) is 0 Å². The molecule has 11 heteroatoms. The number of carbonyl (C=O) groups is 1. The Kier molecular flexibility index (Phi) is 7.97. The Labute approximate surface area is 238 Å². The van der Waals surface area contributed by atoms with Crippen LogP contribution in [0, 0.1) is 5.41 Å². The quantitative estimate of drug-likeness (QED) is 0.185. The second-order valence-electron chi connectivity index (χ2n) is 10.9. The number of hydrogen-bond donors (Lipinski definition) is 5. The minimum atomic E-state index is -0.143. The monoisotopic (exact) mass is 554 g/mol. The third-order valence-electron chi connectivity index (χ3n) is 6.79. The molecule has 1 fully saturated rings. The van der Waals surface area contributed by atoms with E-state index in [1.807, 2.05) is 30.3 Å². The summed E-state index contributed by atoms with van der Waals surface area (Å²) >= 11 is 0. The molecule has 2 aromatic carbocycles. The molecule has 0 radical (unpaired) electrons. The Morgan fingerprint density at radius 3 is 2.22 bits per heavy atom. The fourth-order valence-corrected chi connectivity index (χ4v) is 4.39. The van der Waals surface area contributed by atoms with E-state index < -0.39 is 0 Å². The van der Waals surface area contributed by atoms with Crippen LogP contribution < -0.4 is 21.7 Å². The summed E-state index contributed by atoms with van der Waals surface area (Å²) in [6, 6.07) is 16.4. The predicted molar refractivity (Wildman–Crippen MR) is 158 cm³/mol. The van der Waals surface area contributed by atoms with Crippen LogP contribution in [0.15, 0.2) is 65.4 Å². The van der Waals surface area contributed by atoms with Gasteiger partial charge in [-0.05, 0) is 49.2 Å². The molecule has 0 bridgehead atoms. The minimum absolute atomic E-state index is 0.109. The van der Waals surface area contributed by atoms with Crippen molar-refractivity contribution in [3.05, 3.63) is 83.4 Å². The number of ether oxygens (including phenoxy) is 1. The Balaban J connectivity index is 1.27. The fraction of sp³-hybridized carbons (Fsp3) is 0.300. The molecule has 3 heterocycles. The van der Waals surface area contributed by atoms with Gasteiger partial charge >= 0.3 is 0 Å². The van der Waals surface area contributed by atoms with Gasteiger partial charge in [0.05, 0.1) is 11.3 Å². The van der Waals surface area contributed by atoms with E-state index in [-0.39, 0.29) is 28.9 Å². The molecule has 0 unspecified atom stereocenters. The first kappa shape index (κ1) is 27.8. The first-order valence-electron chi connectivity index (χ1n) is 13.5. The van der Waals surface area contributed by atoms with E-state index in [9.17, 15) is 4.79 Å². The van der Waals surface area contributed by atoms with Crippen LogP contribution in [0.25, 0.3) is 0 Å². The molecule has 0 atom stereocenters. The number of hydrogen-bond acceptors (Lipinski definition) is 10. The van der Waals surface area contributed by atoms with Crippen molar-refractivity contribution >= 4 is 40.4 Å². The third kappa shape index (κ3) is 6.69. The fourth-order valence-electron chi connectivity index (χ4n) is 4.39. The van der Waals surface area contributed by atoms with Gasteiger partial charge in [-0.25, -0.2) is 9.97 Å². The van der Waals surface area contributed by atoms with Gasteiger partial charge in [0.15, 0.2) is 5.82 Å². The van der Waals surface area contributed by atoms with Crippen molar-refractivity contribution in [3.63, 3.8) is 0 Å². The molecule has 11 nitrogen and oxygen atoms in total. The zero-order valence-corrected chi connectivity index (χ0v) is 23.3. The molecule has 5 rings (SSSR count). The number of anilines is 5. The predicted octanol–water partition coefficient (Wildman–Crippen LogP) is 5.16. The number of amides is 1. The highest BCUT2D eigenvalue weighted by Crippen LogP contribution is 2.28. The van der Waals surface area contributed by atoms with E-state index in [4.69, 9.17) is 20.4 Å². The van der Waals surface area contributed by atoms with Gasteiger partial charge < -0.3 is 30.9 Å². The zero-order chi connectivity index (χ0) is 29.0. The molecule has 0 aliphatic carbocycles. The Hall–Kier alpha value is -4.77. The number of rotatable bonds is 8. The topological polar surface area (TPSA) is 164 Å². The van der Waals surface area contributed by atoms with Crippen molar-refractivity contribution in [1.82, 2.24) is 20.4 Å². The summed E-state index contributed by atoms with van der Waals surface area (Å²) in [4.78, 5) is 21.1. The lowest BCUT2D eigenvalue weighted by molar-refractivity contribution is 0.0696. The van der Waals surface area contributed by atoms with Gasteiger partial charge in [0.25, 0.3) is 5.91 Å². The number of nitrogens with zero attached hydrogens (tertiary/aromatic N) is 3. The summed E-state index contributed by atoms with van der Waals surface area (Å²) < 4.78 is 10.8. The smallest absolute Gasteiger partial charge is 0.251 e. The largest absolute Gasteiger partial charge is 0.383 e. The van der Waals surface area contributed by atoms with Crippen LogP contribution in [-0.2, 0) is 10.2 Å². The van der Waals surface area contributed by atoms with Crippen LogP contribution >= 0.6 is 0 Å². The minimum Gasteiger partial charge on any atom is -0.383 e. The van der Waals surface area contributed by atoms with Crippen LogP contribution in [0.2, 0.25) is 0 Å². The van der Waals surface area contributed by atoms with E-state index >= 15 is 0 Å². The van der Waals surface area contributed by atoms with Crippen LogP contribution in [0.1, 0.15) is 60.9 Å². The van der Waals surface area contributed by atoms with Crippen molar-refractivity contribution in [1.29, 1.82) is 5.41 Å². The van der Waals surface area contributed by atoms with Gasteiger partial charge in [-0.15, -0.1) is 0 Å². The molecule has 0 spiro atoms. The highest BCUT2D eigenvalue weighted by Gasteiger charge is 2.21. The number of nitrogens with two attached hydrogens (primary N) is 1. The van der Waals surface area contributed by atoms with E-state index in [1.54, 1.807) is 24.3 Å². The van der Waals surface area contributed by atoms with Crippen LogP contribution in [0.4, 0.5) is 28.8 Å². The maximum Gasteiger partial charge on any atom is 0.251 e. The number of carbonyl (C=O) groups excluding carboxylic acids is 1. The number of aromatic nitrogens is 3. The molecule has 0 saturated carbocycles. The average molecular weight is 555 g/mol. The van der Waals surface area contributed by atoms with Crippen molar-refractivity contribution in [2.24, 2.45) is 0 Å². The summed E-state index contributed by atoms with van der Waals surface area (Å²) in [5, 5.41) is 22.5. The number of nitrogens with one attached hydrogen (secondary N) is 4. The molecule has 1 saturated heterocycles. The second-order valence-corrected chi connectivity index (χ2v) is 10.9. The molecule has 1 aliphatic rings. The molecular weight excluding hydrogens is 520 g/mol. The lowest BCUT2D eigenvalue weighted by Gasteiger charge is -2.23. The highest BCUT2D eigenvalue weighted by molar-refractivity contribution is 6.16. The van der Waals surface area contributed by atoms with Gasteiger partial charge in [0.1, 0.15) is 23.7 Å². The summed E-state index contributed by atoms with van der Waals surface area (Å²) in [5.74, 6) is 1.85. The molecule has 4 aromatic rings. The summed E-state index contributed by atoms with van der Waals surface area (Å²) in [5.41, 5.74) is 9.27. The maximum absolute atomic E-state index is 12.7. The summed E-state index contributed by atoms with van der Waals surface area (Å²) in [7, 11) is 0. The van der Waals surface area contributed by atoms with Crippen molar-refractivity contribution in [2.75, 3.05) is 29.6 Å². The molecule has 1 amide bonds. The molecule has 41 heavy (non-hydrogen) atoms. The van der Waals surface area contributed by atoms with E-state index in [0.717, 1.165) is 30.0 Å². The molecule has 212 valence electrons. The molecular formula is C30H34N8O3. The van der Waals surface area contributed by atoms with Gasteiger partial charge in [0.2, 0.25) is 0 Å². The normalized spacial score (nSPS) is 13.9. The number of benzene rings is 2. The van der Waals surface area contributed by atoms with Crippen molar-refractivity contribution < 1.29 is 14.1 Å². The zero-order valence-electron chi connectivity index (χ0n) is 23.3. The van der Waals surface area contributed by atoms with Crippen molar-refractivity contribution in [2.45, 2.75) is 45.1 Å². The molecule has 6 N–H and O–H groups in total. The summed E-state index contributed by atoms with van der Waals surface area (Å²) in [6.07, 6.45) is 2.96. The molecule has 1 aliphatic heterocycles. The first-order valence-corrected chi connectivity index (χ1v) is 13.5. The second kappa shape index (κ2) is 11.8. The van der Waals surface area contributed by atoms with Gasteiger partial charge in [-0.2, -0.15) is 0 Å². The maximum atomic E-state index is 12.7. The molecule has 2 aromatic heterocycles. The lowest BCUT2D eigenvalue weighted by Crippen LogP contribution is -2.38. The Morgan fingerprint density at radius 2 is 1.59 bits per heavy atom. The van der Waals surface area contributed by atoms with E-state index in [2.05, 4.69) is 51.8 Å². The Morgan fingerprint density at radius 1 is 0.951 bits per heavy atom.